The smallest absolute Gasteiger partial charge is 0.407 e. The van der Waals surface area contributed by atoms with Gasteiger partial charge in [-0.3, -0.25) is 33.6 Å². The molecule has 2 aliphatic rings. The minimum absolute atomic E-state index is 0.0621. The number of ether oxygens (including phenoxy) is 7. The van der Waals surface area contributed by atoms with Crippen LogP contribution in [0.15, 0.2) is 48.5 Å². The van der Waals surface area contributed by atoms with E-state index < -0.39 is 173 Å². The third-order valence-electron chi connectivity index (χ3n) is 14.9. The van der Waals surface area contributed by atoms with E-state index >= 15 is 14.4 Å². The Morgan fingerprint density at radius 1 is 0.457 bits per heavy atom. The van der Waals surface area contributed by atoms with E-state index in [1.54, 1.807) is 138 Å². The van der Waals surface area contributed by atoms with Gasteiger partial charge in [-0.2, -0.15) is 0 Å². The van der Waals surface area contributed by atoms with Crippen molar-refractivity contribution in [2.24, 2.45) is 0 Å². The quantitative estimate of drug-likeness (QED) is 0.0440. The molecular formula is C69H110N8O17. The molecule has 8 amide bonds. The molecule has 1 saturated heterocycles. The van der Waals surface area contributed by atoms with Crippen LogP contribution in [-0.2, 0) is 71.5 Å². The lowest BCUT2D eigenvalue weighted by Gasteiger charge is -2.36. The fraction of sp³-hybridized carbons (Fsp3) is 0.696. The predicted octanol–water partition coefficient (Wildman–Crippen LogP) is 6.34. The van der Waals surface area contributed by atoms with E-state index in [1.165, 1.54) is 25.7 Å². The van der Waals surface area contributed by atoms with Crippen molar-refractivity contribution in [2.45, 2.75) is 284 Å². The van der Waals surface area contributed by atoms with E-state index in [1.807, 2.05) is 48.5 Å². The number of carboxylic acids is 1. The molecule has 1 heterocycles. The standard InChI is InChI=1S/C69H110N8O17/c1-38(61(84)77-34-28-33-50(77)62(85)86)70-55(78)48(36-89-64(6,7)8)71-57(80)51(39(2)91-66(12,13)14)74-59(82)53(41(4)93-68(18,19)20)73-56(79)49(37-90-65(9,10)11)72-58(81)52(40(3)92-67(15,16)17)75-60(83)54(42(5)94-69(21,22)23)76-63(87)88-35-47-45-31-26-24-29-43(45)44-30-25-27-32-46(44)47/h24-27,29-32,38-42,47-54H,28,33-37H2,1-23H3,(H,70,78)(H,71,80)(H,72,81)(H,73,79)(H,74,82)(H,75,83)(H,76,87)(H,85,86)/t38-,39-,40-,41-,42-,48-,49-,50-,51-,52-,53-,54-/m0/s1. The van der Waals surface area contributed by atoms with Gasteiger partial charge >= 0.3 is 12.1 Å². The van der Waals surface area contributed by atoms with Gasteiger partial charge in [-0.15, -0.1) is 0 Å². The number of nitrogens with one attached hydrogen (secondary N) is 7. The van der Waals surface area contributed by atoms with Crippen molar-refractivity contribution in [3.05, 3.63) is 59.7 Å². The number of carboxylic acid groups (broad SMARTS) is 1. The van der Waals surface area contributed by atoms with E-state index in [9.17, 15) is 33.9 Å². The summed E-state index contributed by atoms with van der Waals surface area (Å²) >= 11 is 0. The Labute approximate surface area is 556 Å². The van der Waals surface area contributed by atoms with E-state index in [-0.39, 0.29) is 25.5 Å². The minimum atomic E-state index is -1.64. The summed E-state index contributed by atoms with van der Waals surface area (Å²) in [4.78, 5) is 130. The SMILES string of the molecule is C[C@H](NC(=O)[C@H](COC(C)(C)C)NC(=O)[C@@H](NC(=O)[C@@H](NC(=O)[C@H](COC(C)(C)C)NC(=O)[C@@H](NC(=O)[C@@H](NC(=O)OCC1c2ccccc2-c2ccccc21)[C@H](C)OC(C)(C)C)[C@H](C)OC(C)(C)C)[C@H](C)OC(C)(C)C)[C@H](C)OC(C)(C)C)C(=O)N1CCC[C@H]1C(=O)O. The van der Waals surface area contributed by atoms with Gasteiger partial charge in [0.1, 0.15) is 54.9 Å². The Bertz CT molecular complexity index is 2910. The lowest BCUT2D eigenvalue weighted by molar-refractivity contribution is -0.149. The number of carbonyl (C=O) groups excluding carboxylic acids is 8. The van der Waals surface area contributed by atoms with Gasteiger partial charge in [-0.1, -0.05) is 48.5 Å². The maximum absolute atomic E-state index is 15.1. The molecule has 0 spiro atoms. The largest absolute Gasteiger partial charge is 0.480 e. The number of benzene rings is 2. The van der Waals surface area contributed by atoms with Gasteiger partial charge in [-0.05, 0) is 194 Å². The molecule has 1 aliphatic heterocycles. The topological polar surface area (TPSA) is 326 Å². The summed E-state index contributed by atoms with van der Waals surface area (Å²) < 4.78 is 43.1. The molecule has 0 saturated carbocycles. The molecule has 25 heteroatoms. The van der Waals surface area contributed by atoms with Crippen LogP contribution in [0.1, 0.15) is 189 Å². The predicted molar refractivity (Wildman–Crippen MR) is 354 cm³/mol. The van der Waals surface area contributed by atoms with Gasteiger partial charge in [0.15, 0.2) is 0 Å². The van der Waals surface area contributed by atoms with Gasteiger partial charge in [-0.25, -0.2) is 9.59 Å². The molecule has 4 rings (SSSR count). The van der Waals surface area contributed by atoms with Crippen LogP contribution in [0.3, 0.4) is 0 Å². The Hall–Kier alpha value is -6.77. The zero-order valence-corrected chi connectivity index (χ0v) is 59.8. The average Bonchev–Trinajstić information content (AvgIpc) is 1.61. The highest BCUT2D eigenvalue weighted by atomic mass is 16.6. The molecule has 8 N–H and O–H groups in total. The normalized spacial score (nSPS) is 18.2. The molecule has 0 radical (unpaired) electrons. The summed E-state index contributed by atoms with van der Waals surface area (Å²) in [6, 6.07) is 4.03. The molecule has 2 aromatic carbocycles. The highest BCUT2D eigenvalue weighted by molar-refractivity contribution is 5.98. The van der Waals surface area contributed by atoms with Crippen molar-refractivity contribution in [2.75, 3.05) is 26.4 Å². The molecule has 0 bridgehead atoms. The number of hydrogen-bond acceptors (Lipinski definition) is 16. The maximum Gasteiger partial charge on any atom is 0.407 e. The first-order valence-electron chi connectivity index (χ1n) is 32.5. The van der Waals surface area contributed by atoms with Gasteiger partial charge in [0.2, 0.25) is 41.4 Å². The molecular weight excluding hydrogens is 1210 g/mol. The number of aliphatic carboxylic acids is 1. The molecule has 2 aromatic rings. The molecule has 94 heavy (non-hydrogen) atoms. The van der Waals surface area contributed by atoms with Crippen LogP contribution in [0.5, 0.6) is 0 Å². The Morgan fingerprint density at radius 3 is 1.14 bits per heavy atom. The van der Waals surface area contributed by atoms with Crippen molar-refractivity contribution < 1.29 is 81.4 Å². The van der Waals surface area contributed by atoms with Gasteiger partial charge in [0.25, 0.3) is 0 Å². The van der Waals surface area contributed by atoms with Crippen molar-refractivity contribution in [3.63, 3.8) is 0 Å². The third-order valence-corrected chi connectivity index (χ3v) is 14.9. The van der Waals surface area contributed by atoms with Crippen molar-refractivity contribution in [1.29, 1.82) is 0 Å². The summed E-state index contributed by atoms with van der Waals surface area (Å²) in [5, 5.41) is 28.7. The zero-order valence-electron chi connectivity index (χ0n) is 59.8. The number of nitrogens with zero attached hydrogens (tertiary/aromatic N) is 1. The van der Waals surface area contributed by atoms with Crippen LogP contribution in [0, 0.1) is 0 Å². The second-order valence-electron chi connectivity index (χ2n) is 30.4. The van der Waals surface area contributed by atoms with Crippen LogP contribution < -0.4 is 37.2 Å². The molecule has 12 atom stereocenters. The number of rotatable bonds is 29. The summed E-state index contributed by atoms with van der Waals surface area (Å²) in [7, 11) is 0. The Balaban J connectivity index is 1.71. The molecule has 528 valence electrons. The molecule has 1 aliphatic carbocycles. The van der Waals surface area contributed by atoms with Crippen LogP contribution in [0.4, 0.5) is 4.79 Å². The first-order valence-corrected chi connectivity index (χ1v) is 32.5. The first kappa shape index (κ1) is 79.7. The summed E-state index contributed by atoms with van der Waals surface area (Å²) in [6.45, 7) is 38.2. The number of fused-ring (bicyclic) bond motifs is 3. The zero-order chi connectivity index (χ0) is 71.4. The Kier molecular flexibility index (Phi) is 27.8. The van der Waals surface area contributed by atoms with Crippen LogP contribution >= 0.6 is 0 Å². The lowest BCUT2D eigenvalue weighted by atomic mass is 9.98. The third kappa shape index (κ3) is 25.4. The van der Waals surface area contributed by atoms with Crippen LogP contribution in [0.25, 0.3) is 11.1 Å². The second kappa shape index (κ2) is 32.8. The number of hydrogen-bond donors (Lipinski definition) is 8. The van der Waals surface area contributed by atoms with E-state index in [0.29, 0.717) is 6.42 Å². The fourth-order valence-corrected chi connectivity index (χ4v) is 11.1. The van der Waals surface area contributed by atoms with E-state index in [2.05, 4.69) is 37.2 Å². The number of amides is 8. The van der Waals surface area contributed by atoms with Crippen molar-refractivity contribution in [3.8, 4) is 11.1 Å². The van der Waals surface area contributed by atoms with Crippen LogP contribution in [0.2, 0.25) is 0 Å². The highest BCUT2D eigenvalue weighted by Crippen LogP contribution is 2.44. The first-order chi connectivity index (χ1) is 43.0. The lowest BCUT2D eigenvalue weighted by Crippen LogP contribution is -2.65. The van der Waals surface area contributed by atoms with Gasteiger partial charge in [0.05, 0.1) is 71.2 Å². The van der Waals surface area contributed by atoms with Gasteiger partial charge < -0.3 is 80.4 Å². The summed E-state index contributed by atoms with van der Waals surface area (Å²) in [5.74, 6) is -7.59. The van der Waals surface area contributed by atoms with E-state index in [4.69, 9.17) is 33.2 Å². The number of alkyl carbamates (subject to hydrolysis) is 1. The minimum Gasteiger partial charge on any atom is -0.480 e. The summed E-state index contributed by atoms with van der Waals surface area (Å²) in [5.41, 5.74) is -1.28. The monoisotopic (exact) mass is 1320 g/mol. The number of likely N-dealkylation sites (tertiary alicyclic amines) is 1. The Morgan fingerprint density at radius 2 is 0.787 bits per heavy atom. The number of carbonyl (C=O) groups is 9. The molecule has 1 fully saturated rings. The molecule has 25 nitrogen and oxygen atoms in total. The van der Waals surface area contributed by atoms with E-state index in [0.717, 1.165) is 22.3 Å². The van der Waals surface area contributed by atoms with Crippen molar-refractivity contribution in [1.82, 2.24) is 42.1 Å². The van der Waals surface area contributed by atoms with Crippen LogP contribution in [-0.4, -0.2) is 196 Å². The highest BCUT2D eigenvalue weighted by Gasteiger charge is 2.43. The van der Waals surface area contributed by atoms with Crippen molar-refractivity contribution >= 4 is 53.4 Å². The second-order valence-corrected chi connectivity index (χ2v) is 30.4. The maximum atomic E-state index is 15.1. The summed E-state index contributed by atoms with van der Waals surface area (Å²) in [6.07, 6.45) is -4.65. The molecule has 0 aromatic heterocycles. The fourth-order valence-electron chi connectivity index (χ4n) is 11.1. The van der Waals surface area contributed by atoms with Gasteiger partial charge in [0, 0.05) is 12.5 Å². The average molecular weight is 1320 g/mol. The molecule has 0 unspecified atom stereocenters.